The zero-order valence-corrected chi connectivity index (χ0v) is 11.7. The van der Waals surface area contributed by atoms with E-state index in [-0.39, 0.29) is 0 Å². The molecule has 96 valence electrons. The Bertz CT molecular complexity index is 509. The van der Waals surface area contributed by atoms with Crippen LogP contribution in [0.4, 0.5) is 5.82 Å². The fraction of sp³-hybridized carbons (Fsp3) is 0.417. The molecule has 0 fully saturated rings. The molecule has 0 spiro atoms. The van der Waals surface area contributed by atoms with Gasteiger partial charge in [0.25, 0.3) is 0 Å². The summed E-state index contributed by atoms with van der Waals surface area (Å²) in [6.45, 7) is 3.49. The van der Waals surface area contributed by atoms with E-state index in [1.807, 2.05) is 21.0 Å². The first-order valence-corrected chi connectivity index (χ1v) is 6.62. The molecule has 2 rings (SSSR count). The number of aromatic nitrogens is 3. The van der Waals surface area contributed by atoms with Crippen LogP contribution >= 0.6 is 11.3 Å². The van der Waals surface area contributed by atoms with Crippen molar-refractivity contribution in [3.8, 4) is 0 Å². The van der Waals surface area contributed by atoms with Gasteiger partial charge in [0.1, 0.15) is 10.8 Å². The van der Waals surface area contributed by atoms with Crippen molar-refractivity contribution >= 4 is 17.2 Å². The smallest absolute Gasteiger partial charge is 0.145 e. The minimum absolute atomic E-state index is 0.691. The first-order valence-electron chi connectivity index (χ1n) is 5.74. The summed E-state index contributed by atoms with van der Waals surface area (Å²) in [4.78, 5) is 15.1. The van der Waals surface area contributed by atoms with E-state index in [0.29, 0.717) is 6.54 Å². The normalized spacial score (nSPS) is 10.9. The third-order valence-electron chi connectivity index (χ3n) is 2.25. The Morgan fingerprint density at radius 2 is 2.11 bits per heavy atom. The summed E-state index contributed by atoms with van der Waals surface area (Å²) in [7, 11) is 4.08. The Hall–Kier alpha value is -1.53. The Balaban J connectivity index is 1.92. The predicted octanol–water partition coefficient (Wildman–Crippen LogP) is 1.92. The van der Waals surface area contributed by atoms with E-state index < -0.39 is 0 Å². The number of aryl methyl sites for hydroxylation is 1. The maximum absolute atomic E-state index is 4.55. The standard InChI is InChI=1S/C12H17N5S/c1-9-4-13-5-11(15-9)14-6-12-16-10(8-18-12)7-17(2)3/h4-5,8H,6-7H2,1-3H3,(H,14,15). The van der Waals surface area contributed by atoms with Gasteiger partial charge in [0.2, 0.25) is 0 Å². The van der Waals surface area contributed by atoms with Gasteiger partial charge < -0.3 is 10.2 Å². The zero-order valence-electron chi connectivity index (χ0n) is 10.8. The molecule has 2 aromatic heterocycles. The van der Waals surface area contributed by atoms with Gasteiger partial charge in [0, 0.05) is 18.1 Å². The summed E-state index contributed by atoms with van der Waals surface area (Å²) in [6.07, 6.45) is 3.46. The summed E-state index contributed by atoms with van der Waals surface area (Å²) in [6, 6.07) is 0. The van der Waals surface area contributed by atoms with Crippen LogP contribution in [-0.2, 0) is 13.1 Å². The van der Waals surface area contributed by atoms with Crippen LogP contribution in [0.1, 0.15) is 16.4 Å². The largest absolute Gasteiger partial charge is 0.362 e. The highest BCUT2D eigenvalue weighted by molar-refractivity contribution is 7.09. The van der Waals surface area contributed by atoms with Crippen molar-refractivity contribution in [2.75, 3.05) is 19.4 Å². The first-order chi connectivity index (χ1) is 8.63. The van der Waals surface area contributed by atoms with Gasteiger partial charge in [-0.15, -0.1) is 11.3 Å². The van der Waals surface area contributed by atoms with Gasteiger partial charge in [0.15, 0.2) is 0 Å². The molecule has 0 bridgehead atoms. The molecule has 0 aliphatic rings. The van der Waals surface area contributed by atoms with Crippen LogP contribution < -0.4 is 5.32 Å². The molecular weight excluding hydrogens is 246 g/mol. The van der Waals surface area contributed by atoms with Gasteiger partial charge in [-0.2, -0.15) is 0 Å². The third kappa shape index (κ3) is 3.75. The summed E-state index contributed by atoms with van der Waals surface area (Å²) in [5.74, 6) is 0.791. The van der Waals surface area contributed by atoms with E-state index in [0.717, 1.165) is 28.8 Å². The summed E-state index contributed by atoms with van der Waals surface area (Å²) < 4.78 is 0. The van der Waals surface area contributed by atoms with Gasteiger partial charge in [-0.1, -0.05) is 0 Å². The second-order valence-corrected chi connectivity index (χ2v) is 5.31. The Kier molecular flexibility index (Phi) is 4.22. The minimum Gasteiger partial charge on any atom is -0.362 e. The van der Waals surface area contributed by atoms with Crippen LogP contribution in [0.3, 0.4) is 0 Å². The summed E-state index contributed by atoms with van der Waals surface area (Å²) >= 11 is 1.67. The lowest BCUT2D eigenvalue weighted by Gasteiger charge is -2.05. The van der Waals surface area contributed by atoms with E-state index in [4.69, 9.17) is 0 Å². The van der Waals surface area contributed by atoms with Crippen LogP contribution in [0.15, 0.2) is 17.8 Å². The molecule has 0 unspecified atom stereocenters. The molecular formula is C12H17N5S. The summed E-state index contributed by atoms with van der Waals surface area (Å²) in [5.41, 5.74) is 2.02. The lowest BCUT2D eigenvalue weighted by Crippen LogP contribution is -2.11. The number of rotatable bonds is 5. The molecule has 0 radical (unpaired) electrons. The number of hydrogen-bond donors (Lipinski definition) is 1. The van der Waals surface area contributed by atoms with Crippen molar-refractivity contribution in [1.82, 2.24) is 19.9 Å². The number of anilines is 1. The van der Waals surface area contributed by atoms with Crippen molar-refractivity contribution in [3.05, 3.63) is 34.2 Å². The first kappa shape index (κ1) is 12.9. The second kappa shape index (κ2) is 5.88. The average molecular weight is 263 g/mol. The zero-order chi connectivity index (χ0) is 13.0. The van der Waals surface area contributed by atoms with Gasteiger partial charge >= 0.3 is 0 Å². The van der Waals surface area contributed by atoms with E-state index >= 15 is 0 Å². The molecule has 2 aromatic rings. The van der Waals surface area contributed by atoms with Crippen LogP contribution in [0.5, 0.6) is 0 Å². The molecule has 0 aliphatic carbocycles. The molecule has 0 aromatic carbocycles. The van der Waals surface area contributed by atoms with Crippen LogP contribution in [0.25, 0.3) is 0 Å². The number of nitrogens with one attached hydrogen (secondary N) is 1. The highest BCUT2D eigenvalue weighted by Gasteiger charge is 2.03. The molecule has 1 N–H and O–H groups in total. The van der Waals surface area contributed by atoms with E-state index in [9.17, 15) is 0 Å². The van der Waals surface area contributed by atoms with Gasteiger partial charge in [-0.05, 0) is 21.0 Å². The quantitative estimate of drug-likeness (QED) is 0.893. The fourth-order valence-corrected chi connectivity index (χ4v) is 2.27. The fourth-order valence-electron chi connectivity index (χ4n) is 1.54. The molecule has 0 atom stereocenters. The molecule has 5 nitrogen and oxygen atoms in total. The Morgan fingerprint density at radius 3 is 2.83 bits per heavy atom. The van der Waals surface area contributed by atoms with Gasteiger partial charge in [0.05, 0.1) is 24.1 Å². The van der Waals surface area contributed by atoms with Crippen LogP contribution in [0, 0.1) is 6.92 Å². The number of thiazole rings is 1. The Labute approximate surface area is 111 Å². The molecule has 0 aliphatic heterocycles. The molecule has 18 heavy (non-hydrogen) atoms. The maximum Gasteiger partial charge on any atom is 0.145 e. The van der Waals surface area contributed by atoms with E-state index in [1.54, 1.807) is 23.7 Å². The maximum atomic E-state index is 4.55. The van der Waals surface area contributed by atoms with E-state index in [1.165, 1.54) is 0 Å². The SMILES string of the molecule is Cc1cncc(NCc2nc(CN(C)C)cs2)n1. The van der Waals surface area contributed by atoms with Crippen LogP contribution in [0.2, 0.25) is 0 Å². The average Bonchev–Trinajstić information content (AvgIpc) is 2.73. The van der Waals surface area contributed by atoms with Gasteiger partial charge in [-0.3, -0.25) is 4.98 Å². The predicted molar refractivity (Wildman–Crippen MR) is 73.6 cm³/mol. The van der Waals surface area contributed by atoms with E-state index in [2.05, 4.69) is 30.5 Å². The lowest BCUT2D eigenvalue weighted by atomic mass is 10.4. The van der Waals surface area contributed by atoms with Crippen LogP contribution in [-0.4, -0.2) is 33.9 Å². The van der Waals surface area contributed by atoms with Crippen molar-refractivity contribution in [2.45, 2.75) is 20.0 Å². The summed E-state index contributed by atoms with van der Waals surface area (Å²) in [5, 5.41) is 6.39. The molecule has 2 heterocycles. The van der Waals surface area contributed by atoms with Crippen molar-refractivity contribution in [3.63, 3.8) is 0 Å². The number of hydrogen-bond acceptors (Lipinski definition) is 6. The second-order valence-electron chi connectivity index (χ2n) is 4.37. The topological polar surface area (TPSA) is 53.9 Å². The lowest BCUT2D eigenvalue weighted by molar-refractivity contribution is 0.397. The Morgan fingerprint density at radius 1 is 1.28 bits per heavy atom. The van der Waals surface area contributed by atoms with Crippen molar-refractivity contribution in [2.24, 2.45) is 0 Å². The highest BCUT2D eigenvalue weighted by atomic mass is 32.1. The molecule has 0 saturated heterocycles. The van der Waals surface area contributed by atoms with Crippen molar-refractivity contribution in [1.29, 1.82) is 0 Å². The highest BCUT2D eigenvalue weighted by Crippen LogP contribution is 2.12. The third-order valence-corrected chi connectivity index (χ3v) is 3.15. The molecule has 0 amide bonds. The number of nitrogens with zero attached hydrogens (tertiary/aromatic N) is 4. The van der Waals surface area contributed by atoms with Gasteiger partial charge in [-0.25, -0.2) is 9.97 Å². The molecule has 0 saturated carbocycles. The monoisotopic (exact) mass is 263 g/mol. The van der Waals surface area contributed by atoms with Crippen molar-refractivity contribution < 1.29 is 0 Å². The minimum atomic E-state index is 0.691. The molecule has 6 heteroatoms.